The summed E-state index contributed by atoms with van der Waals surface area (Å²) in [5.74, 6) is 1.97. The molecular weight excluding hydrogens is 428 g/mol. The van der Waals surface area contributed by atoms with Gasteiger partial charge in [0, 0.05) is 17.7 Å². The smallest absolute Gasteiger partial charge is 0.191 e. The zero-order chi connectivity index (χ0) is 22.2. The van der Waals surface area contributed by atoms with Crippen molar-refractivity contribution in [3.63, 3.8) is 0 Å². The van der Waals surface area contributed by atoms with E-state index < -0.39 is 24.4 Å². The molecule has 2 aliphatic rings. The van der Waals surface area contributed by atoms with Crippen molar-refractivity contribution in [2.45, 2.75) is 74.1 Å². The van der Waals surface area contributed by atoms with Crippen LogP contribution in [0, 0.1) is 0 Å². The molecule has 0 bridgehead atoms. The number of hydrogen-bond acceptors (Lipinski definition) is 9. The molecule has 9 nitrogen and oxygen atoms in total. The summed E-state index contributed by atoms with van der Waals surface area (Å²) in [6, 6.07) is 10.2. The summed E-state index contributed by atoms with van der Waals surface area (Å²) >= 11 is 1.57. The van der Waals surface area contributed by atoms with Gasteiger partial charge in [-0.3, -0.25) is 0 Å². The second kappa shape index (κ2) is 8.93. The van der Waals surface area contributed by atoms with Crippen LogP contribution in [0.1, 0.15) is 50.1 Å². The van der Waals surface area contributed by atoms with Gasteiger partial charge in [0.2, 0.25) is 0 Å². The van der Waals surface area contributed by atoms with E-state index in [1.54, 1.807) is 16.4 Å². The molecule has 1 aromatic carbocycles. The number of aromatic nitrogens is 5. The highest BCUT2D eigenvalue weighted by Gasteiger charge is 2.41. The van der Waals surface area contributed by atoms with Crippen molar-refractivity contribution in [1.82, 2.24) is 25.0 Å². The first-order valence-corrected chi connectivity index (χ1v) is 12.2. The van der Waals surface area contributed by atoms with Gasteiger partial charge in [0.1, 0.15) is 12.2 Å². The van der Waals surface area contributed by atoms with Gasteiger partial charge in [-0.25, -0.2) is 14.6 Å². The highest BCUT2D eigenvalue weighted by atomic mass is 32.2. The van der Waals surface area contributed by atoms with Gasteiger partial charge in [-0.2, -0.15) is 0 Å². The number of aliphatic hydroxyl groups is 3. The Morgan fingerprint density at radius 3 is 2.69 bits per heavy atom. The maximum Gasteiger partial charge on any atom is 0.191 e. The summed E-state index contributed by atoms with van der Waals surface area (Å²) in [7, 11) is 0. The van der Waals surface area contributed by atoms with Crippen molar-refractivity contribution in [2.24, 2.45) is 0 Å². The fourth-order valence-corrected chi connectivity index (χ4v) is 5.09. The third-order valence-electron chi connectivity index (χ3n) is 6.29. The Morgan fingerprint density at radius 2 is 1.91 bits per heavy atom. The Morgan fingerprint density at radius 1 is 1.09 bits per heavy atom. The molecular formula is C22H28N6O3S. The standard InChI is InChI=1S/C22H28N6O3S/c1-2-10-32-22-24-20(23-14-11-13(14)12-6-4-3-5-7-12)17-21(25-22)28(27-26-17)15-8-9-16(29)19(31)18(15)30/h3-7,13-16,18-19,29-31H,2,8-11H2,1H3,(H,23,24,25)/t13-,14+,15+,16-,18-,19+/m0/s1. The number of hydrogen-bond donors (Lipinski definition) is 4. The molecule has 0 unspecified atom stereocenters. The number of anilines is 1. The number of fused-ring (bicyclic) bond motifs is 1. The lowest BCUT2D eigenvalue weighted by molar-refractivity contribution is -0.107. The highest BCUT2D eigenvalue weighted by molar-refractivity contribution is 7.99. The van der Waals surface area contributed by atoms with Gasteiger partial charge in [-0.05, 0) is 31.2 Å². The largest absolute Gasteiger partial charge is 0.390 e. The molecule has 6 atom stereocenters. The number of benzene rings is 1. The number of nitrogens with zero attached hydrogens (tertiary/aromatic N) is 5. The minimum Gasteiger partial charge on any atom is -0.390 e. The average molecular weight is 457 g/mol. The van der Waals surface area contributed by atoms with E-state index in [0.717, 1.165) is 18.6 Å². The van der Waals surface area contributed by atoms with Gasteiger partial charge in [-0.15, -0.1) is 5.10 Å². The molecule has 3 aromatic rings. The molecule has 2 aromatic heterocycles. The van der Waals surface area contributed by atoms with Crippen molar-refractivity contribution in [3.8, 4) is 0 Å². The minimum absolute atomic E-state index is 0.266. The monoisotopic (exact) mass is 456 g/mol. The first-order chi connectivity index (χ1) is 15.6. The Kier molecular flexibility index (Phi) is 6.02. The third kappa shape index (κ3) is 4.07. The molecule has 5 rings (SSSR count). The van der Waals surface area contributed by atoms with E-state index in [4.69, 9.17) is 4.98 Å². The molecule has 170 valence electrons. The summed E-state index contributed by atoms with van der Waals surface area (Å²) in [5, 5.41) is 43.4. The predicted octanol–water partition coefficient (Wildman–Crippen LogP) is 2.11. The van der Waals surface area contributed by atoms with Crippen LogP contribution in [0.25, 0.3) is 11.2 Å². The maximum atomic E-state index is 10.6. The molecule has 0 aliphatic heterocycles. The van der Waals surface area contributed by atoms with Crippen LogP contribution < -0.4 is 5.32 Å². The van der Waals surface area contributed by atoms with Crippen LogP contribution in [0.5, 0.6) is 0 Å². The Labute approximate surface area is 190 Å². The van der Waals surface area contributed by atoms with Gasteiger partial charge in [-0.1, -0.05) is 54.2 Å². The molecule has 0 saturated heterocycles. The summed E-state index contributed by atoms with van der Waals surface area (Å²) < 4.78 is 1.58. The van der Waals surface area contributed by atoms with Gasteiger partial charge in [0.05, 0.1) is 12.1 Å². The second-order valence-corrected chi connectivity index (χ2v) is 9.67. The van der Waals surface area contributed by atoms with E-state index in [0.29, 0.717) is 40.9 Å². The third-order valence-corrected chi connectivity index (χ3v) is 7.34. The predicted molar refractivity (Wildman–Crippen MR) is 122 cm³/mol. The molecule has 0 amide bonds. The quantitative estimate of drug-likeness (QED) is 0.312. The molecule has 2 heterocycles. The van der Waals surface area contributed by atoms with Crippen LogP contribution in [0.15, 0.2) is 35.5 Å². The fraction of sp³-hybridized carbons (Fsp3) is 0.545. The molecule has 32 heavy (non-hydrogen) atoms. The Hall–Kier alpha value is -2.27. The lowest BCUT2D eigenvalue weighted by Crippen LogP contribution is -2.47. The van der Waals surface area contributed by atoms with Gasteiger partial charge in [0.15, 0.2) is 22.1 Å². The van der Waals surface area contributed by atoms with Gasteiger partial charge in [0.25, 0.3) is 0 Å². The van der Waals surface area contributed by atoms with Crippen LogP contribution in [-0.2, 0) is 0 Å². The lowest BCUT2D eigenvalue weighted by atomic mass is 9.88. The van der Waals surface area contributed by atoms with Crippen LogP contribution in [0.4, 0.5) is 5.82 Å². The summed E-state index contributed by atoms with van der Waals surface area (Å²) in [4.78, 5) is 9.41. The van der Waals surface area contributed by atoms with Gasteiger partial charge < -0.3 is 20.6 Å². The van der Waals surface area contributed by atoms with E-state index in [1.165, 1.54) is 5.56 Å². The van der Waals surface area contributed by atoms with E-state index in [9.17, 15) is 15.3 Å². The van der Waals surface area contributed by atoms with E-state index in [-0.39, 0.29) is 6.04 Å². The van der Waals surface area contributed by atoms with Crippen LogP contribution in [0.2, 0.25) is 0 Å². The maximum absolute atomic E-state index is 10.6. The number of aliphatic hydroxyl groups excluding tert-OH is 3. The van der Waals surface area contributed by atoms with Crippen molar-refractivity contribution >= 4 is 28.7 Å². The van der Waals surface area contributed by atoms with E-state index >= 15 is 0 Å². The molecule has 2 fully saturated rings. The average Bonchev–Trinajstić information content (AvgIpc) is 3.45. The van der Waals surface area contributed by atoms with Crippen molar-refractivity contribution in [3.05, 3.63) is 35.9 Å². The number of nitrogens with one attached hydrogen (secondary N) is 1. The SMILES string of the molecule is CCCSc1nc(N[C@@H]2C[C@H]2c2ccccc2)c2nnn([C@@H]3CC[C@H](O)[C@@H](O)[C@H]3O)c2n1. The Bertz CT molecular complexity index is 1080. The normalized spacial score (nSPS) is 29.9. The Balaban J connectivity index is 1.46. The van der Waals surface area contributed by atoms with Crippen LogP contribution >= 0.6 is 11.8 Å². The molecule has 4 N–H and O–H groups in total. The molecule has 0 spiro atoms. The summed E-state index contributed by atoms with van der Waals surface area (Å²) in [6.45, 7) is 2.11. The second-order valence-electron chi connectivity index (χ2n) is 8.61. The number of rotatable bonds is 7. The van der Waals surface area contributed by atoms with E-state index in [2.05, 4.69) is 51.8 Å². The fourth-order valence-electron chi connectivity index (χ4n) is 4.40. The van der Waals surface area contributed by atoms with Gasteiger partial charge >= 0.3 is 0 Å². The highest BCUT2D eigenvalue weighted by Crippen LogP contribution is 2.43. The van der Waals surface area contributed by atoms with Crippen molar-refractivity contribution < 1.29 is 15.3 Å². The summed E-state index contributed by atoms with van der Waals surface area (Å²) in [6.07, 6.45) is -0.446. The van der Waals surface area contributed by atoms with Crippen molar-refractivity contribution in [1.29, 1.82) is 0 Å². The molecule has 0 radical (unpaired) electrons. The zero-order valence-electron chi connectivity index (χ0n) is 17.9. The topological polar surface area (TPSA) is 129 Å². The van der Waals surface area contributed by atoms with E-state index in [1.807, 2.05) is 6.07 Å². The van der Waals surface area contributed by atoms with Crippen LogP contribution in [0.3, 0.4) is 0 Å². The molecule has 2 saturated carbocycles. The molecule has 10 heteroatoms. The van der Waals surface area contributed by atoms with Crippen molar-refractivity contribution in [2.75, 3.05) is 11.1 Å². The minimum atomic E-state index is -1.22. The lowest BCUT2D eigenvalue weighted by Gasteiger charge is -2.34. The summed E-state index contributed by atoms with van der Waals surface area (Å²) in [5.41, 5.74) is 2.39. The number of thioether (sulfide) groups is 1. The first-order valence-electron chi connectivity index (χ1n) is 11.2. The zero-order valence-corrected chi connectivity index (χ0v) is 18.7. The first kappa shape index (κ1) is 21.6. The van der Waals surface area contributed by atoms with Crippen LogP contribution in [-0.4, -0.2) is 70.4 Å². The molecule has 2 aliphatic carbocycles.